The van der Waals surface area contributed by atoms with Crippen LogP contribution >= 0.6 is 0 Å². The van der Waals surface area contributed by atoms with Crippen LogP contribution in [-0.2, 0) is 4.79 Å². The third-order valence-corrected chi connectivity index (χ3v) is 4.12. The summed E-state index contributed by atoms with van der Waals surface area (Å²) in [5.41, 5.74) is 1.02. The van der Waals surface area contributed by atoms with Crippen molar-refractivity contribution in [1.82, 2.24) is 0 Å². The number of carbonyl (C=O) groups is 2. The lowest BCUT2D eigenvalue weighted by Gasteiger charge is -2.24. The number of fused-ring (bicyclic) bond motifs is 3. The van der Waals surface area contributed by atoms with E-state index in [0.717, 1.165) is 4.90 Å². The van der Waals surface area contributed by atoms with Gasteiger partial charge in [-0.2, -0.15) is 0 Å². The predicted molar refractivity (Wildman–Crippen MR) is 91.3 cm³/mol. The van der Waals surface area contributed by atoms with E-state index in [1.807, 2.05) is 0 Å². The van der Waals surface area contributed by atoms with E-state index in [2.05, 4.69) is 4.99 Å². The maximum atomic E-state index is 14.5. The quantitative estimate of drug-likeness (QED) is 0.806. The van der Waals surface area contributed by atoms with Crippen molar-refractivity contribution in [3.63, 3.8) is 0 Å². The van der Waals surface area contributed by atoms with Crippen molar-refractivity contribution in [2.75, 3.05) is 16.4 Å². The molecular formula is C18H14FN3O3. The zero-order valence-corrected chi connectivity index (χ0v) is 13.3. The van der Waals surface area contributed by atoms with Gasteiger partial charge in [0.1, 0.15) is 5.75 Å². The second-order valence-electron chi connectivity index (χ2n) is 5.58. The first-order valence-corrected chi connectivity index (χ1v) is 7.84. The number of hydrogen-bond donors (Lipinski definition) is 0. The summed E-state index contributed by atoms with van der Waals surface area (Å²) in [5, 5.41) is 0. The molecule has 25 heavy (non-hydrogen) atoms. The zero-order chi connectivity index (χ0) is 17.6. The number of halogens is 1. The molecule has 0 aromatic heterocycles. The summed E-state index contributed by atoms with van der Waals surface area (Å²) in [6.07, 6.45) is 1.41. The molecule has 126 valence electrons. The van der Waals surface area contributed by atoms with Gasteiger partial charge < -0.3 is 4.74 Å². The first kappa shape index (κ1) is 15.3. The van der Waals surface area contributed by atoms with Crippen LogP contribution in [0.15, 0.2) is 47.5 Å². The molecule has 1 saturated heterocycles. The number of hydrogen-bond acceptors (Lipinski definition) is 4. The average Bonchev–Trinajstić information content (AvgIpc) is 2.87. The highest BCUT2D eigenvalue weighted by Crippen LogP contribution is 2.38. The largest absolute Gasteiger partial charge is 0.494 e. The fourth-order valence-electron chi connectivity index (χ4n) is 3.02. The molecule has 1 fully saturated rings. The van der Waals surface area contributed by atoms with E-state index in [0.29, 0.717) is 23.7 Å². The number of rotatable bonds is 3. The van der Waals surface area contributed by atoms with Crippen LogP contribution in [0.4, 0.5) is 26.2 Å². The number of nitrogens with zero attached hydrogens (tertiary/aromatic N) is 3. The van der Waals surface area contributed by atoms with Crippen LogP contribution in [0.2, 0.25) is 0 Å². The molecule has 1 unspecified atom stereocenters. The summed E-state index contributed by atoms with van der Waals surface area (Å²) in [6.45, 7) is 2.18. The third kappa shape index (κ3) is 2.27. The van der Waals surface area contributed by atoms with E-state index in [-0.39, 0.29) is 5.69 Å². The summed E-state index contributed by atoms with van der Waals surface area (Å²) < 4.78 is 19.7. The summed E-state index contributed by atoms with van der Waals surface area (Å²) in [5.74, 6) is -0.892. The van der Waals surface area contributed by atoms with Gasteiger partial charge >= 0.3 is 6.03 Å². The molecular weight excluding hydrogens is 325 g/mol. The second-order valence-corrected chi connectivity index (χ2v) is 5.58. The first-order chi connectivity index (χ1) is 12.1. The minimum absolute atomic E-state index is 0.0984. The molecule has 0 N–H and O–H groups in total. The molecule has 0 saturated carbocycles. The highest BCUT2D eigenvalue weighted by Gasteiger charge is 2.48. The van der Waals surface area contributed by atoms with Crippen molar-refractivity contribution in [3.05, 3.63) is 48.3 Å². The van der Waals surface area contributed by atoms with E-state index in [9.17, 15) is 14.0 Å². The van der Waals surface area contributed by atoms with Gasteiger partial charge in [0, 0.05) is 12.3 Å². The van der Waals surface area contributed by atoms with Gasteiger partial charge in [0.05, 0.1) is 23.7 Å². The van der Waals surface area contributed by atoms with Crippen LogP contribution in [0.1, 0.15) is 6.92 Å². The SMILES string of the molecule is CCOc1ccc(N2C(=O)C3C=Nc4ccccc4N3C2=O)c(F)c1. The fourth-order valence-corrected chi connectivity index (χ4v) is 3.02. The first-order valence-electron chi connectivity index (χ1n) is 7.84. The highest BCUT2D eigenvalue weighted by molar-refractivity contribution is 6.34. The molecule has 6 nitrogen and oxygen atoms in total. The summed E-state index contributed by atoms with van der Waals surface area (Å²) in [4.78, 5) is 32.0. The summed E-state index contributed by atoms with van der Waals surface area (Å²) in [7, 11) is 0. The van der Waals surface area contributed by atoms with E-state index >= 15 is 0 Å². The van der Waals surface area contributed by atoms with Gasteiger partial charge in [-0.15, -0.1) is 0 Å². The minimum atomic E-state index is -0.867. The molecule has 0 spiro atoms. The van der Waals surface area contributed by atoms with Crippen LogP contribution in [0.5, 0.6) is 5.75 Å². The molecule has 0 aliphatic carbocycles. The lowest BCUT2D eigenvalue weighted by molar-refractivity contribution is -0.116. The van der Waals surface area contributed by atoms with Crippen LogP contribution in [0.25, 0.3) is 0 Å². The van der Waals surface area contributed by atoms with Gasteiger partial charge in [-0.1, -0.05) is 12.1 Å². The Balaban J connectivity index is 1.75. The molecule has 0 bridgehead atoms. The number of carbonyl (C=O) groups excluding carboxylic acids is 2. The van der Waals surface area contributed by atoms with Crippen molar-refractivity contribution in [2.24, 2.45) is 4.99 Å². The van der Waals surface area contributed by atoms with E-state index in [4.69, 9.17) is 4.74 Å². The molecule has 4 rings (SSSR count). The number of imide groups is 1. The maximum absolute atomic E-state index is 14.5. The lowest BCUT2D eigenvalue weighted by atomic mass is 10.1. The Morgan fingerprint density at radius 1 is 1.16 bits per heavy atom. The Hall–Kier alpha value is -3.22. The molecule has 1 atom stereocenters. The third-order valence-electron chi connectivity index (χ3n) is 4.12. The number of benzene rings is 2. The lowest BCUT2D eigenvalue weighted by Crippen LogP contribution is -2.38. The van der Waals surface area contributed by atoms with Gasteiger partial charge in [0.2, 0.25) is 0 Å². The Labute approximate surface area is 143 Å². The maximum Gasteiger partial charge on any atom is 0.337 e. The average molecular weight is 339 g/mol. The number of amides is 3. The Bertz CT molecular complexity index is 912. The molecule has 2 aromatic rings. The Morgan fingerprint density at radius 2 is 1.96 bits per heavy atom. The molecule has 0 radical (unpaired) electrons. The van der Waals surface area contributed by atoms with E-state index < -0.39 is 23.8 Å². The summed E-state index contributed by atoms with van der Waals surface area (Å²) in [6, 6.07) is 9.61. The molecule has 2 aliphatic heterocycles. The standard InChI is InChI=1S/C18H14FN3O3/c1-2-25-11-7-8-14(12(19)9-11)22-17(23)16-10-20-13-5-3-4-6-15(13)21(16)18(22)24/h3-10,16H,2H2,1H3. The Morgan fingerprint density at radius 3 is 2.72 bits per heavy atom. The van der Waals surface area contributed by atoms with Gasteiger partial charge in [-0.25, -0.2) is 14.1 Å². The van der Waals surface area contributed by atoms with Gasteiger partial charge in [-0.05, 0) is 31.2 Å². The number of ether oxygens (including phenoxy) is 1. The predicted octanol–water partition coefficient (Wildman–Crippen LogP) is 3.28. The van der Waals surface area contributed by atoms with Gasteiger partial charge in [0.25, 0.3) is 5.91 Å². The van der Waals surface area contributed by atoms with Crippen LogP contribution < -0.4 is 14.5 Å². The van der Waals surface area contributed by atoms with Crippen molar-refractivity contribution < 1.29 is 18.7 Å². The van der Waals surface area contributed by atoms with Crippen LogP contribution in [0.3, 0.4) is 0 Å². The van der Waals surface area contributed by atoms with E-state index in [1.54, 1.807) is 31.2 Å². The fraction of sp³-hybridized carbons (Fsp3) is 0.167. The van der Waals surface area contributed by atoms with Crippen molar-refractivity contribution in [2.45, 2.75) is 13.0 Å². The van der Waals surface area contributed by atoms with Crippen LogP contribution in [-0.4, -0.2) is 30.8 Å². The van der Waals surface area contributed by atoms with Crippen molar-refractivity contribution in [1.29, 1.82) is 0 Å². The number of aliphatic imine (C=N–C) groups is 1. The number of para-hydroxylation sites is 2. The van der Waals surface area contributed by atoms with Crippen molar-refractivity contribution in [3.8, 4) is 5.75 Å². The minimum Gasteiger partial charge on any atom is -0.494 e. The number of urea groups is 1. The Kier molecular flexibility index (Phi) is 3.49. The second kappa shape index (κ2) is 5.70. The molecule has 7 heteroatoms. The van der Waals surface area contributed by atoms with Crippen molar-refractivity contribution >= 4 is 35.2 Å². The summed E-state index contributed by atoms with van der Waals surface area (Å²) >= 11 is 0. The van der Waals surface area contributed by atoms with E-state index in [1.165, 1.54) is 29.3 Å². The van der Waals surface area contributed by atoms with Gasteiger partial charge in [0.15, 0.2) is 11.9 Å². The smallest absolute Gasteiger partial charge is 0.337 e. The molecule has 3 amide bonds. The zero-order valence-electron chi connectivity index (χ0n) is 13.3. The molecule has 2 aliphatic rings. The topological polar surface area (TPSA) is 62.2 Å². The highest BCUT2D eigenvalue weighted by atomic mass is 19.1. The van der Waals surface area contributed by atoms with Gasteiger partial charge in [-0.3, -0.25) is 14.7 Å². The number of anilines is 2. The molecule has 2 aromatic carbocycles. The normalized spacial score (nSPS) is 18.4. The van der Waals surface area contributed by atoms with Crippen LogP contribution in [0, 0.1) is 5.82 Å². The molecule has 2 heterocycles. The monoisotopic (exact) mass is 339 g/mol.